The summed E-state index contributed by atoms with van der Waals surface area (Å²) < 4.78 is 11.2. The summed E-state index contributed by atoms with van der Waals surface area (Å²) in [6.07, 6.45) is 0. The molecule has 1 aliphatic heterocycles. The third-order valence-corrected chi connectivity index (χ3v) is 6.35. The first-order valence-corrected chi connectivity index (χ1v) is 11.0. The highest BCUT2D eigenvalue weighted by Gasteiger charge is 2.41. The minimum atomic E-state index is -1.14. The first kappa shape index (κ1) is 20.8. The number of carbonyl (C=O) groups excluding carboxylic acids is 3. The number of nitrogens with zero attached hydrogens (tertiary/aromatic N) is 1. The lowest BCUT2D eigenvalue weighted by atomic mass is 10.0. The van der Waals surface area contributed by atoms with Crippen molar-refractivity contribution in [1.82, 2.24) is 4.90 Å². The van der Waals surface area contributed by atoms with Gasteiger partial charge in [-0.2, -0.15) is 0 Å². The zero-order chi connectivity index (χ0) is 24.3. The number of amides is 2. The molecule has 0 bridgehead atoms. The number of esters is 1. The Kier molecular flexibility index (Phi) is 4.54. The molecule has 0 saturated carbocycles. The molecule has 1 aliphatic rings. The molecule has 1 aromatic heterocycles. The Balaban J connectivity index is 1.37. The van der Waals surface area contributed by atoms with Crippen LogP contribution in [-0.4, -0.2) is 28.7 Å². The number of ether oxygens (including phenoxy) is 1. The van der Waals surface area contributed by atoms with Crippen LogP contribution < -0.4 is 10.4 Å². The van der Waals surface area contributed by atoms with Gasteiger partial charge in [0.05, 0.1) is 16.5 Å². The molecule has 6 rings (SSSR count). The van der Waals surface area contributed by atoms with E-state index in [9.17, 15) is 19.2 Å². The van der Waals surface area contributed by atoms with Crippen LogP contribution in [-0.2, 0) is 4.79 Å². The van der Waals surface area contributed by atoms with Gasteiger partial charge in [-0.3, -0.25) is 14.5 Å². The van der Waals surface area contributed by atoms with Gasteiger partial charge in [-0.25, -0.2) is 9.59 Å². The van der Waals surface area contributed by atoms with Crippen LogP contribution in [0.2, 0.25) is 0 Å². The zero-order valence-electron chi connectivity index (χ0n) is 18.5. The molecule has 5 aromatic rings. The summed E-state index contributed by atoms with van der Waals surface area (Å²) >= 11 is 0. The quantitative estimate of drug-likeness (QED) is 0.127. The Bertz CT molecular complexity index is 1750. The number of hydrogen-bond acceptors (Lipinski definition) is 6. The van der Waals surface area contributed by atoms with Gasteiger partial charge < -0.3 is 9.15 Å². The van der Waals surface area contributed by atoms with Crippen LogP contribution >= 0.6 is 0 Å². The van der Waals surface area contributed by atoms with E-state index in [-0.39, 0.29) is 16.9 Å². The topological polar surface area (TPSA) is 93.9 Å². The van der Waals surface area contributed by atoms with Crippen molar-refractivity contribution in [2.24, 2.45) is 0 Å². The predicted octanol–water partition coefficient (Wildman–Crippen LogP) is 4.69. The Morgan fingerprint density at radius 3 is 2.17 bits per heavy atom. The molecule has 2 amide bonds. The Hall–Kier alpha value is -4.78. The standard InChI is InChI=1S/C28H17NO6/c1-15(29-25(30)20-8-4-5-9-21(20)26(29)31)27(32)34-17-11-13-22-23(14-17)19-12-10-16-6-2-3-7-18(16)24(19)35-28(22)33/h2-15H,1H3/t15-/m0/s1. The summed E-state index contributed by atoms with van der Waals surface area (Å²) in [5.74, 6) is -1.66. The smallest absolute Gasteiger partial charge is 0.344 e. The Morgan fingerprint density at radius 1 is 0.771 bits per heavy atom. The van der Waals surface area contributed by atoms with Crippen molar-refractivity contribution in [3.63, 3.8) is 0 Å². The minimum absolute atomic E-state index is 0.186. The fourth-order valence-corrected chi connectivity index (χ4v) is 4.57. The molecule has 4 aromatic carbocycles. The van der Waals surface area contributed by atoms with Crippen molar-refractivity contribution in [3.05, 3.63) is 100 Å². The monoisotopic (exact) mass is 463 g/mol. The summed E-state index contributed by atoms with van der Waals surface area (Å²) in [6, 6.07) is 21.3. The normalized spacial score (nSPS) is 14.0. The van der Waals surface area contributed by atoms with Crippen molar-refractivity contribution >= 4 is 50.3 Å². The lowest BCUT2D eigenvalue weighted by Gasteiger charge is -2.20. The highest BCUT2D eigenvalue weighted by molar-refractivity contribution is 6.22. The summed E-state index contributed by atoms with van der Waals surface area (Å²) in [5.41, 5.74) is 0.464. The van der Waals surface area contributed by atoms with Crippen LogP contribution in [0.25, 0.3) is 32.5 Å². The van der Waals surface area contributed by atoms with Gasteiger partial charge in [-0.1, -0.05) is 42.5 Å². The van der Waals surface area contributed by atoms with E-state index in [4.69, 9.17) is 9.15 Å². The van der Waals surface area contributed by atoms with Gasteiger partial charge in [0, 0.05) is 16.2 Å². The number of carbonyl (C=O) groups is 3. The highest BCUT2D eigenvalue weighted by Crippen LogP contribution is 2.32. The van der Waals surface area contributed by atoms with Gasteiger partial charge in [0.2, 0.25) is 0 Å². The largest absolute Gasteiger partial charge is 0.425 e. The number of fused-ring (bicyclic) bond motifs is 6. The van der Waals surface area contributed by atoms with E-state index in [1.165, 1.54) is 19.1 Å². The van der Waals surface area contributed by atoms with Gasteiger partial charge in [0.1, 0.15) is 17.4 Å². The Labute approximate surface area is 198 Å². The molecular weight excluding hydrogens is 446 g/mol. The van der Waals surface area contributed by atoms with Crippen LogP contribution in [0.5, 0.6) is 5.75 Å². The van der Waals surface area contributed by atoms with E-state index >= 15 is 0 Å². The van der Waals surface area contributed by atoms with Crippen molar-refractivity contribution in [1.29, 1.82) is 0 Å². The second-order valence-corrected chi connectivity index (χ2v) is 8.38. The third-order valence-electron chi connectivity index (χ3n) is 6.35. The summed E-state index contributed by atoms with van der Waals surface area (Å²) in [6.45, 7) is 1.45. The molecule has 0 unspecified atom stereocenters. The molecule has 0 spiro atoms. The fraction of sp³-hybridized carbons (Fsp3) is 0.0714. The number of imide groups is 1. The van der Waals surface area contributed by atoms with Crippen LogP contribution in [0, 0.1) is 0 Å². The van der Waals surface area contributed by atoms with Gasteiger partial charge >= 0.3 is 11.6 Å². The van der Waals surface area contributed by atoms with Crippen molar-refractivity contribution < 1.29 is 23.5 Å². The molecule has 170 valence electrons. The lowest BCUT2D eigenvalue weighted by molar-refractivity contribution is -0.138. The van der Waals surface area contributed by atoms with Crippen molar-refractivity contribution in [2.75, 3.05) is 0 Å². The average molecular weight is 463 g/mol. The molecule has 7 heteroatoms. The average Bonchev–Trinajstić information content (AvgIpc) is 3.13. The van der Waals surface area contributed by atoms with E-state index in [0.29, 0.717) is 21.7 Å². The molecule has 2 heterocycles. The molecule has 1 atom stereocenters. The van der Waals surface area contributed by atoms with E-state index < -0.39 is 29.5 Å². The molecule has 0 radical (unpaired) electrons. The fourth-order valence-electron chi connectivity index (χ4n) is 4.57. The maximum Gasteiger partial charge on any atom is 0.344 e. The van der Waals surface area contributed by atoms with Crippen LogP contribution in [0.1, 0.15) is 27.6 Å². The van der Waals surface area contributed by atoms with Crippen LogP contribution in [0.15, 0.2) is 88.1 Å². The molecule has 35 heavy (non-hydrogen) atoms. The van der Waals surface area contributed by atoms with Crippen molar-refractivity contribution in [2.45, 2.75) is 13.0 Å². The van der Waals surface area contributed by atoms with Gasteiger partial charge in [-0.05, 0) is 48.7 Å². The second kappa shape index (κ2) is 7.63. The van der Waals surface area contributed by atoms with E-state index in [2.05, 4.69) is 0 Å². The first-order valence-electron chi connectivity index (χ1n) is 11.0. The first-order chi connectivity index (χ1) is 16.9. The number of rotatable bonds is 3. The summed E-state index contributed by atoms with van der Waals surface area (Å²) in [5, 5.41) is 3.34. The molecule has 0 fully saturated rings. The molecule has 0 saturated heterocycles. The van der Waals surface area contributed by atoms with E-state index in [0.717, 1.165) is 15.7 Å². The second-order valence-electron chi connectivity index (χ2n) is 8.38. The zero-order valence-corrected chi connectivity index (χ0v) is 18.5. The van der Waals surface area contributed by atoms with Crippen LogP contribution in [0.3, 0.4) is 0 Å². The lowest BCUT2D eigenvalue weighted by Crippen LogP contribution is -2.44. The maximum atomic E-state index is 12.9. The summed E-state index contributed by atoms with van der Waals surface area (Å²) in [4.78, 5) is 52.0. The number of benzene rings is 4. The van der Waals surface area contributed by atoms with Gasteiger partial charge in [0.15, 0.2) is 0 Å². The highest BCUT2D eigenvalue weighted by atomic mass is 16.5. The predicted molar refractivity (Wildman–Crippen MR) is 130 cm³/mol. The minimum Gasteiger partial charge on any atom is -0.425 e. The van der Waals surface area contributed by atoms with E-state index in [1.807, 2.05) is 36.4 Å². The molecule has 0 N–H and O–H groups in total. The van der Waals surface area contributed by atoms with Crippen molar-refractivity contribution in [3.8, 4) is 5.75 Å². The molecular formula is C28H17NO6. The van der Waals surface area contributed by atoms with Gasteiger partial charge in [-0.15, -0.1) is 0 Å². The summed E-state index contributed by atoms with van der Waals surface area (Å²) in [7, 11) is 0. The maximum absolute atomic E-state index is 12.9. The number of hydrogen-bond donors (Lipinski definition) is 0. The molecule has 0 aliphatic carbocycles. The van der Waals surface area contributed by atoms with Crippen LogP contribution in [0.4, 0.5) is 0 Å². The SMILES string of the molecule is C[C@@H](C(=O)Oc1ccc2c(=O)oc3c4ccccc4ccc3c2c1)N1C(=O)c2ccccc2C1=O. The Morgan fingerprint density at radius 2 is 1.43 bits per heavy atom. The van der Waals surface area contributed by atoms with E-state index in [1.54, 1.807) is 30.3 Å². The van der Waals surface area contributed by atoms with Gasteiger partial charge in [0.25, 0.3) is 11.8 Å². The molecule has 7 nitrogen and oxygen atoms in total. The third kappa shape index (κ3) is 3.13.